The lowest BCUT2D eigenvalue weighted by molar-refractivity contribution is -0.140. The summed E-state index contributed by atoms with van der Waals surface area (Å²) in [6.07, 6.45) is 7.10. The van der Waals surface area contributed by atoms with E-state index >= 15 is 0 Å². The van der Waals surface area contributed by atoms with Gasteiger partial charge in [0, 0.05) is 25.7 Å². The average Bonchev–Trinajstić information content (AvgIpc) is 3.30. The zero-order chi connectivity index (χ0) is 13.1. The largest absolute Gasteiger partial charge is 0.381 e. The number of hydrogen-bond donors (Lipinski definition) is 1. The molecule has 3 rings (SSSR count). The van der Waals surface area contributed by atoms with Crippen molar-refractivity contribution in [3.05, 3.63) is 0 Å². The lowest BCUT2D eigenvalue weighted by Crippen LogP contribution is -2.48. The fourth-order valence-electron chi connectivity index (χ4n) is 3.15. The van der Waals surface area contributed by atoms with Crippen LogP contribution in [0.25, 0.3) is 0 Å². The summed E-state index contributed by atoms with van der Waals surface area (Å²) in [5.74, 6) is 1.41. The molecule has 2 saturated heterocycles. The first-order chi connectivity index (χ1) is 9.33. The molecule has 0 spiro atoms. The molecule has 20 heavy (non-hydrogen) atoms. The highest BCUT2D eigenvalue weighted by Crippen LogP contribution is 2.28. The molecule has 0 aromatic carbocycles. The van der Waals surface area contributed by atoms with Crippen LogP contribution >= 0.6 is 12.4 Å². The van der Waals surface area contributed by atoms with Gasteiger partial charge in [-0.05, 0) is 51.0 Å². The van der Waals surface area contributed by atoms with E-state index in [0.29, 0.717) is 18.6 Å². The van der Waals surface area contributed by atoms with Gasteiger partial charge in [0.2, 0.25) is 5.91 Å². The zero-order valence-corrected chi connectivity index (χ0v) is 13.0. The Labute approximate surface area is 128 Å². The van der Waals surface area contributed by atoms with Crippen molar-refractivity contribution in [1.82, 2.24) is 10.2 Å². The molecule has 1 saturated carbocycles. The molecule has 5 heteroatoms. The molecule has 0 bridgehead atoms. The Morgan fingerprint density at radius 2 is 1.90 bits per heavy atom. The van der Waals surface area contributed by atoms with E-state index in [-0.39, 0.29) is 18.3 Å². The summed E-state index contributed by atoms with van der Waals surface area (Å²) in [6.45, 7) is 4.51. The van der Waals surface area contributed by atoms with Crippen molar-refractivity contribution >= 4 is 18.3 Å². The smallest absolute Gasteiger partial charge is 0.228 e. The maximum Gasteiger partial charge on any atom is 0.228 e. The summed E-state index contributed by atoms with van der Waals surface area (Å²) < 4.78 is 5.43. The number of nitrogens with zero attached hydrogens (tertiary/aromatic N) is 1. The van der Waals surface area contributed by atoms with E-state index in [0.717, 1.165) is 51.3 Å². The van der Waals surface area contributed by atoms with Gasteiger partial charge in [-0.15, -0.1) is 12.4 Å². The fraction of sp³-hybridized carbons (Fsp3) is 0.933. The van der Waals surface area contributed by atoms with Crippen LogP contribution in [0.5, 0.6) is 0 Å². The van der Waals surface area contributed by atoms with Crippen molar-refractivity contribution in [2.75, 3.05) is 32.8 Å². The van der Waals surface area contributed by atoms with E-state index in [1.807, 2.05) is 0 Å². The highest BCUT2D eigenvalue weighted by atomic mass is 35.5. The van der Waals surface area contributed by atoms with Gasteiger partial charge in [0.05, 0.1) is 12.5 Å². The lowest BCUT2D eigenvalue weighted by Gasteiger charge is -2.35. The van der Waals surface area contributed by atoms with Gasteiger partial charge in [0.25, 0.3) is 0 Å². The van der Waals surface area contributed by atoms with Crippen molar-refractivity contribution in [3.63, 3.8) is 0 Å². The highest BCUT2D eigenvalue weighted by Gasteiger charge is 2.30. The molecule has 0 aromatic rings. The molecule has 2 aliphatic heterocycles. The van der Waals surface area contributed by atoms with Gasteiger partial charge in [-0.2, -0.15) is 0 Å². The number of ether oxygens (including phenoxy) is 1. The van der Waals surface area contributed by atoms with Crippen LogP contribution in [0.15, 0.2) is 0 Å². The third-order valence-corrected chi connectivity index (χ3v) is 4.71. The molecule has 1 unspecified atom stereocenters. The van der Waals surface area contributed by atoms with Crippen LogP contribution in [0.2, 0.25) is 0 Å². The first-order valence-electron chi connectivity index (χ1n) is 7.93. The van der Waals surface area contributed by atoms with E-state index in [1.54, 1.807) is 0 Å². The number of hydrogen-bond acceptors (Lipinski definition) is 3. The molecular weight excluding hydrogens is 276 g/mol. The number of likely N-dealkylation sites (tertiary alicyclic amines) is 1. The lowest BCUT2D eigenvalue weighted by atomic mass is 9.98. The predicted molar refractivity (Wildman–Crippen MR) is 81.1 cm³/mol. The minimum atomic E-state index is 0. The minimum absolute atomic E-state index is 0. The van der Waals surface area contributed by atoms with Crippen molar-refractivity contribution < 1.29 is 9.53 Å². The van der Waals surface area contributed by atoms with E-state index < -0.39 is 0 Å². The van der Waals surface area contributed by atoms with E-state index in [1.165, 1.54) is 19.4 Å². The van der Waals surface area contributed by atoms with Crippen molar-refractivity contribution in [2.45, 2.75) is 44.6 Å². The summed E-state index contributed by atoms with van der Waals surface area (Å²) in [4.78, 5) is 14.4. The Hall–Kier alpha value is -0.320. The molecule has 2 heterocycles. The van der Waals surface area contributed by atoms with Crippen LogP contribution in [0.4, 0.5) is 0 Å². The average molecular weight is 303 g/mol. The number of amides is 1. The van der Waals surface area contributed by atoms with Crippen LogP contribution in [0.3, 0.4) is 0 Å². The Balaban J connectivity index is 0.00000147. The van der Waals surface area contributed by atoms with Gasteiger partial charge in [0.15, 0.2) is 0 Å². The molecule has 0 aromatic heterocycles. The third kappa shape index (κ3) is 4.34. The summed E-state index contributed by atoms with van der Waals surface area (Å²) in [5.41, 5.74) is 0. The molecule has 0 radical (unpaired) electrons. The van der Waals surface area contributed by atoms with E-state index in [2.05, 4.69) is 10.2 Å². The zero-order valence-electron chi connectivity index (χ0n) is 12.2. The molecule has 1 atom stereocenters. The van der Waals surface area contributed by atoms with Gasteiger partial charge in [-0.1, -0.05) is 0 Å². The molecule has 3 fully saturated rings. The minimum Gasteiger partial charge on any atom is -0.381 e. The first-order valence-corrected chi connectivity index (χ1v) is 7.93. The summed E-state index contributed by atoms with van der Waals surface area (Å²) in [5, 5.41) is 3.66. The summed E-state index contributed by atoms with van der Waals surface area (Å²) in [6, 6.07) is 0.632. The standard InChI is InChI=1S/C15H26N2O2.ClH/c18-15(13-2-1-9-19-11-13)17-7-5-14(6-8-17)16-10-12-3-4-12;/h12-14,16H,1-11H2;1H. The molecular formula is C15H27ClN2O2. The molecule has 3 aliphatic rings. The number of rotatable bonds is 4. The van der Waals surface area contributed by atoms with E-state index in [4.69, 9.17) is 4.74 Å². The topological polar surface area (TPSA) is 41.6 Å². The number of piperidine rings is 1. The second kappa shape index (κ2) is 7.62. The predicted octanol–water partition coefficient (Wildman–Crippen LogP) is 1.83. The fourth-order valence-corrected chi connectivity index (χ4v) is 3.15. The molecule has 116 valence electrons. The molecule has 1 amide bonds. The van der Waals surface area contributed by atoms with Gasteiger partial charge < -0.3 is 15.0 Å². The van der Waals surface area contributed by atoms with Crippen LogP contribution < -0.4 is 5.32 Å². The van der Waals surface area contributed by atoms with Crippen molar-refractivity contribution in [3.8, 4) is 0 Å². The van der Waals surface area contributed by atoms with Crippen LogP contribution in [-0.2, 0) is 9.53 Å². The number of halogens is 1. The molecule has 1 aliphatic carbocycles. The molecule has 1 N–H and O–H groups in total. The normalized spacial score (nSPS) is 28.0. The Bertz CT molecular complexity index is 309. The van der Waals surface area contributed by atoms with Crippen LogP contribution in [-0.4, -0.2) is 49.7 Å². The Morgan fingerprint density at radius 1 is 1.15 bits per heavy atom. The second-order valence-electron chi connectivity index (χ2n) is 6.37. The Morgan fingerprint density at radius 3 is 2.50 bits per heavy atom. The SMILES string of the molecule is Cl.O=C(C1CCCOC1)N1CCC(NCC2CC2)CC1. The maximum atomic E-state index is 12.4. The van der Waals surface area contributed by atoms with Gasteiger partial charge in [-0.3, -0.25) is 4.79 Å². The second-order valence-corrected chi connectivity index (χ2v) is 6.37. The van der Waals surface area contributed by atoms with Gasteiger partial charge >= 0.3 is 0 Å². The van der Waals surface area contributed by atoms with Crippen LogP contribution in [0.1, 0.15) is 38.5 Å². The summed E-state index contributed by atoms with van der Waals surface area (Å²) >= 11 is 0. The number of carbonyl (C=O) groups is 1. The Kier molecular flexibility index (Phi) is 6.12. The highest BCUT2D eigenvalue weighted by molar-refractivity contribution is 5.85. The maximum absolute atomic E-state index is 12.4. The first kappa shape index (κ1) is 16.1. The number of carbonyl (C=O) groups excluding carboxylic acids is 1. The quantitative estimate of drug-likeness (QED) is 0.861. The van der Waals surface area contributed by atoms with Crippen molar-refractivity contribution in [2.24, 2.45) is 11.8 Å². The van der Waals surface area contributed by atoms with Gasteiger partial charge in [0.1, 0.15) is 0 Å². The molecule has 4 nitrogen and oxygen atoms in total. The van der Waals surface area contributed by atoms with E-state index in [9.17, 15) is 4.79 Å². The monoisotopic (exact) mass is 302 g/mol. The summed E-state index contributed by atoms with van der Waals surface area (Å²) in [7, 11) is 0. The van der Waals surface area contributed by atoms with Gasteiger partial charge in [-0.25, -0.2) is 0 Å². The number of nitrogens with one attached hydrogen (secondary N) is 1. The van der Waals surface area contributed by atoms with Crippen LogP contribution in [0, 0.1) is 11.8 Å². The third-order valence-electron chi connectivity index (χ3n) is 4.71. The van der Waals surface area contributed by atoms with Crippen molar-refractivity contribution in [1.29, 1.82) is 0 Å².